The zero-order chi connectivity index (χ0) is 35.9. The predicted molar refractivity (Wildman–Crippen MR) is 183 cm³/mol. The third-order valence-electron chi connectivity index (χ3n) is 6.83. The maximum absolute atomic E-state index is 11.7. The largest absolute Gasteiger partial charge is 0.490 e. The fraction of sp³-hybridized carbons (Fsp3) is 0.611. The quantitative estimate of drug-likeness (QED) is 0.417. The van der Waals surface area contributed by atoms with Gasteiger partial charge in [-0.1, -0.05) is 12.1 Å². The van der Waals surface area contributed by atoms with Crippen molar-refractivity contribution in [1.29, 1.82) is 0 Å². The average molecular weight is 725 g/mol. The summed E-state index contributed by atoms with van der Waals surface area (Å²) in [7, 11) is 0. The maximum Gasteiger partial charge on any atom is 0.157 e. The summed E-state index contributed by atoms with van der Waals surface area (Å²) in [6.45, 7) is 8.14. The minimum Gasteiger partial charge on any atom is -0.490 e. The van der Waals surface area contributed by atoms with Gasteiger partial charge in [-0.25, -0.2) is 0 Å². The molecule has 2 aromatic rings. The van der Waals surface area contributed by atoms with Crippen LogP contribution in [0.5, 0.6) is 23.0 Å². The Balaban J connectivity index is 1.35. The zero-order valence-corrected chi connectivity index (χ0v) is 29.3. The monoisotopic (exact) mass is 724 g/mol. The van der Waals surface area contributed by atoms with Crippen LogP contribution < -0.4 is 18.9 Å². The van der Waals surface area contributed by atoms with E-state index in [0.29, 0.717) is 166 Å². The summed E-state index contributed by atoms with van der Waals surface area (Å²) in [4.78, 5) is 23.5. The number of ether oxygens (including phenoxy) is 13. The molecule has 1 aliphatic rings. The first-order chi connectivity index (χ1) is 25.3. The van der Waals surface area contributed by atoms with Gasteiger partial charge in [-0.3, -0.25) is 9.59 Å². The summed E-state index contributed by atoms with van der Waals surface area (Å²) in [6.07, 6.45) is 1.42. The van der Waals surface area contributed by atoms with Crippen molar-refractivity contribution in [2.45, 2.75) is 0 Å². The number of benzene rings is 2. The van der Waals surface area contributed by atoms with E-state index in [-0.39, 0.29) is 26.4 Å². The third kappa shape index (κ3) is 19.1. The van der Waals surface area contributed by atoms with Crippen molar-refractivity contribution < 1.29 is 71.2 Å². The van der Waals surface area contributed by atoms with E-state index in [1.165, 1.54) is 0 Å². The summed E-state index contributed by atoms with van der Waals surface area (Å²) < 4.78 is 72.8. The van der Waals surface area contributed by atoms with E-state index < -0.39 is 0 Å². The molecule has 15 heteroatoms. The van der Waals surface area contributed by atoms with Gasteiger partial charge in [0.05, 0.1) is 130 Å². The van der Waals surface area contributed by atoms with Gasteiger partial charge in [0.15, 0.2) is 12.6 Å². The van der Waals surface area contributed by atoms with Crippen molar-refractivity contribution in [2.24, 2.45) is 0 Å². The molecule has 0 atom stereocenters. The molecule has 0 saturated heterocycles. The SMILES string of the molecule is O=Cc1c2cccc1OCCOCCOCCOCCOCCOc1cccc(c1C=O)OCCOCCOCCOCCOCCOCCO2. The second kappa shape index (κ2) is 29.2. The molecule has 286 valence electrons. The Morgan fingerprint density at radius 2 is 0.471 bits per heavy atom. The second-order valence-electron chi connectivity index (χ2n) is 10.5. The predicted octanol–water partition coefficient (Wildman–Crippen LogP) is 2.69. The number of aldehydes is 2. The lowest BCUT2D eigenvalue weighted by atomic mass is 10.2. The van der Waals surface area contributed by atoms with Gasteiger partial charge < -0.3 is 61.6 Å². The lowest BCUT2D eigenvalue weighted by Gasteiger charge is -2.13. The molecule has 3 rings (SSSR count). The smallest absolute Gasteiger partial charge is 0.157 e. The van der Waals surface area contributed by atoms with E-state index in [1.54, 1.807) is 36.4 Å². The number of hydrogen-bond donors (Lipinski definition) is 0. The molecule has 0 saturated carbocycles. The molecular formula is C36H52O15. The number of hydrogen-bond acceptors (Lipinski definition) is 15. The molecule has 51 heavy (non-hydrogen) atoms. The lowest BCUT2D eigenvalue weighted by molar-refractivity contribution is -0.0141. The van der Waals surface area contributed by atoms with Crippen LogP contribution in [0.15, 0.2) is 36.4 Å². The topological polar surface area (TPSA) is 154 Å². The molecule has 2 aromatic carbocycles. The summed E-state index contributed by atoms with van der Waals surface area (Å²) in [5, 5.41) is 0. The van der Waals surface area contributed by atoms with Crippen LogP contribution in [0.4, 0.5) is 0 Å². The first-order valence-electron chi connectivity index (χ1n) is 17.2. The lowest BCUT2D eigenvalue weighted by Crippen LogP contribution is -2.15. The Morgan fingerprint density at radius 1 is 0.294 bits per heavy atom. The standard InChI is InChI=1S/C36H52O15/c37-29-31-33-3-1-5-35(31)50-27-23-46-19-15-42-11-12-43-16-20-47-24-28-51-36-6-2-4-34(32(36)30-38)49-26-22-45-18-14-41-10-8-39-7-9-40-13-17-44-21-25-48-33/h1-6,29-30H,7-28H2. The first kappa shape index (κ1) is 42.0. The van der Waals surface area contributed by atoms with Gasteiger partial charge in [-0.05, 0) is 24.3 Å². The second-order valence-corrected chi connectivity index (χ2v) is 10.5. The highest BCUT2D eigenvalue weighted by molar-refractivity contribution is 5.84. The molecule has 0 fully saturated rings. The molecule has 0 spiro atoms. The van der Waals surface area contributed by atoms with E-state index in [1.807, 2.05) is 0 Å². The zero-order valence-electron chi connectivity index (χ0n) is 29.3. The van der Waals surface area contributed by atoms with E-state index in [0.717, 1.165) is 0 Å². The molecule has 0 aliphatic carbocycles. The minimum atomic E-state index is 0.259. The average Bonchev–Trinajstić information content (AvgIpc) is 3.15. The van der Waals surface area contributed by atoms with E-state index in [4.69, 9.17) is 61.6 Å². The van der Waals surface area contributed by atoms with Gasteiger partial charge in [-0.2, -0.15) is 0 Å². The van der Waals surface area contributed by atoms with Crippen LogP contribution in [-0.4, -0.2) is 158 Å². The van der Waals surface area contributed by atoms with Crippen molar-refractivity contribution in [3.8, 4) is 23.0 Å². The van der Waals surface area contributed by atoms with E-state index >= 15 is 0 Å². The van der Waals surface area contributed by atoms with Gasteiger partial charge in [0.25, 0.3) is 0 Å². The fourth-order valence-electron chi connectivity index (χ4n) is 4.37. The van der Waals surface area contributed by atoms with Crippen molar-refractivity contribution in [2.75, 3.05) is 145 Å². The molecule has 15 nitrogen and oxygen atoms in total. The molecule has 1 aliphatic heterocycles. The van der Waals surface area contributed by atoms with Crippen molar-refractivity contribution in [1.82, 2.24) is 0 Å². The summed E-state index contributed by atoms with van der Waals surface area (Å²) in [6, 6.07) is 10.4. The van der Waals surface area contributed by atoms with Gasteiger partial charge in [0, 0.05) is 0 Å². The van der Waals surface area contributed by atoms with Gasteiger partial charge >= 0.3 is 0 Å². The Morgan fingerprint density at radius 3 is 0.647 bits per heavy atom. The Hall–Kier alpha value is -3.38. The third-order valence-corrected chi connectivity index (χ3v) is 6.83. The minimum absolute atomic E-state index is 0.259. The summed E-state index contributed by atoms with van der Waals surface area (Å²) in [5.41, 5.74) is 0.659. The van der Waals surface area contributed by atoms with Gasteiger partial charge in [-0.15, -0.1) is 0 Å². The van der Waals surface area contributed by atoms with Crippen LogP contribution in [0.2, 0.25) is 0 Å². The first-order valence-corrected chi connectivity index (χ1v) is 17.2. The molecule has 0 amide bonds. The summed E-state index contributed by atoms with van der Waals surface area (Å²) >= 11 is 0. The number of carbonyl (C=O) groups excluding carboxylic acids is 2. The maximum atomic E-state index is 11.7. The number of rotatable bonds is 2. The number of carbonyl (C=O) groups is 2. The van der Waals surface area contributed by atoms with Crippen LogP contribution in [-0.2, 0) is 42.6 Å². The highest BCUT2D eigenvalue weighted by Gasteiger charge is 2.12. The van der Waals surface area contributed by atoms with Crippen LogP contribution in [0, 0.1) is 0 Å². The highest BCUT2D eigenvalue weighted by Crippen LogP contribution is 2.27. The van der Waals surface area contributed by atoms with Crippen molar-refractivity contribution >= 4 is 12.6 Å². The fourth-order valence-corrected chi connectivity index (χ4v) is 4.37. The summed E-state index contributed by atoms with van der Waals surface area (Å²) in [5.74, 6) is 1.67. The van der Waals surface area contributed by atoms with Crippen molar-refractivity contribution in [3.63, 3.8) is 0 Å². The van der Waals surface area contributed by atoms with E-state index in [9.17, 15) is 9.59 Å². The molecule has 0 unspecified atom stereocenters. The normalized spacial score (nSPS) is 19.3. The molecule has 4 bridgehead atoms. The Bertz CT molecular complexity index is 1090. The van der Waals surface area contributed by atoms with Crippen LogP contribution >= 0.6 is 0 Å². The molecule has 0 N–H and O–H groups in total. The van der Waals surface area contributed by atoms with E-state index in [2.05, 4.69) is 0 Å². The van der Waals surface area contributed by atoms with Crippen LogP contribution in [0.1, 0.15) is 20.7 Å². The van der Waals surface area contributed by atoms with Gasteiger partial charge in [0.1, 0.15) is 49.4 Å². The molecule has 1 heterocycles. The van der Waals surface area contributed by atoms with Crippen LogP contribution in [0.25, 0.3) is 0 Å². The van der Waals surface area contributed by atoms with Crippen molar-refractivity contribution in [3.05, 3.63) is 47.5 Å². The Labute approximate surface area is 299 Å². The molecule has 0 aromatic heterocycles. The number of fused-ring (bicyclic) bond motifs is 4. The van der Waals surface area contributed by atoms with Gasteiger partial charge in [0.2, 0.25) is 0 Å². The van der Waals surface area contributed by atoms with Crippen LogP contribution in [0.3, 0.4) is 0 Å². The molecule has 0 radical (unpaired) electrons. The molecular weight excluding hydrogens is 672 g/mol. The highest BCUT2D eigenvalue weighted by atomic mass is 16.6. The Kier molecular flexibility index (Phi) is 24.1.